The van der Waals surface area contributed by atoms with Crippen LogP contribution in [0.3, 0.4) is 0 Å². The van der Waals surface area contributed by atoms with E-state index >= 15 is 0 Å². The number of hydrogen-bond acceptors (Lipinski definition) is 1. The Balaban J connectivity index is 2.19. The van der Waals surface area contributed by atoms with Gasteiger partial charge in [0.2, 0.25) is 0 Å². The summed E-state index contributed by atoms with van der Waals surface area (Å²) in [6.07, 6.45) is 2.92. The van der Waals surface area contributed by atoms with Gasteiger partial charge < -0.3 is 4.57 Å². The number of para-hydroxylation sites is 1. The van der Waals surface area contributed by atoms with Gasteiger partial charge >= 0.3 is 0 Å². The molecule has 4 heteroatoms. The topological polar surface area (TPSA) is 53.7 Å². The number of rotatable bonds is 1. The Kier molecular flexibility index (Phi) is 1.70. The molecule has 0 saturated carbocycles. The highest BCUT2D eigenvalue weighted by molar-refractivity contribution is 5.84. The lowest BCUT2D eigenvalue weighted by molar-refractivity contribution is 0.539. The van der Waals surface area contributed by atoms with E-state index in [2.05, 4.69) is 45.1 Å². The summed E-state index contributed by atoms with van der Waals surface area (Å²) in [6, 6.07) is 8.44. The molecule has 0 N–H and O–H groups in total. The maximum absolute atomic E-state index is 8.46. The number of benzene rings is 1. The van der Waals surface area contributed by atoms with E-state index in [9.17, 15) is 0 Å². The predicted octanol–water partition coefficient (Wildman–Crippen LogP) is 2.88. The van der Waals surface area contributed by atoms with Crippen LogP contribution in [0.5, 0.6) is 0 Å². The average Bonchev–Trinajstić information content (AvgIpc) is 2.64. The quantitative estimate of drug-likeness (QED) is 0.384. The third kappa shape index (κ3) is 1.19. The minimum Gasteiger partial charge on any atom is -0.347 e. The molecule has 2 aromatic rings. The summed E-state index contributed by atoms with van der Waals surface area (Å²) in [7, 11) is 0. The molecule has 74 valence electrons. The van der Waals surface area contributed by atoms with Gasteiger partial charge in [-0.15, -0.1) is 0 Å². The van der Waals surface area contributed by atoms with Crippen molar-refractivity contribution in [2.45, 2.75) is 19.0 Å². The molecule has 1 atom stereocenters. The fourth-order valence-corrected chi connectivity index (χ4v) is 2.35. The first-order chi connectivity index (χ1) is 7.38. The molecule has 0 bridgehead atoms. The first-order valence-electron chi connectivity index (χ1n) is 4.99. The normalized spacial score (nSPS) is 18.8. The van der Waals surface area contributed by atoms with E-state index in [0.29, 0.717) is 0 Å². The van der Waals surface area contributed by atoms with Crippen molar-refractivity contribution in [3.63, 3.8) is 0 Å². The number of nitrogens with zero attached hydrogens (tertiary/aromatic N) is 4. The molecule has 3 rings (SSSR count). The zero-order valence-electron chi connectivity index (χ0n) is 8.17. The highest BCUT2D eigenvalue weighted by Crippen LogP contribution is 2.26. The zero-order chi connectivity index (χ0) is 10.3. The fraction of sp³-hybridized carbons (Fsp3) is 0.273. The van der Waals surface area contributed by atoms with Crippen molar-refractivity contribution in [1.29, 1.82) is 0 Å². The van der Waals surface area contributed by atoms with Gasteiger partial charge in [0.25, 0.3) is 0 Å². The van der Waals surface area contributed by atoms with Crippen LogP contribution in [-0.4, -0.2) is 10.6 Å². The average molecular weight is 198 g/mol. The van der Waals surface area contributed by atoms with E-state index in [1.165, 1.54) is 16.5 Å². The van der Waals surface area contributed by atoms with E-state index in [0.717, 1.165) is 13.0 Å². The molecule has 0 spiro atoms. The van der Waals surface area contributed by atoms with Crippen molar-refractivity contribution in [2.75, 3.05) is 0 Å². The Bertz CT molecular complexity index is 563. The largest absolute Gasteiger partial charge is 0.347 e. The Morgan fingerprint density at radius 1 is 1.40 bits per heavy atom. The van der Waals surface area contributed by atoms with E-state index in [1.54, 1.807) is 0 Å². The summed E-state index contributed by atoms with van der Waals surface area (Å²) in [5.41, 5.74) is 11.0. The van der Waals surface area contributed by atoms with Gasteiger partial charge in [0.1, 0.15) is 0 Å². The fourth-order valence-electron chi connectivity index (χ4n) is 2.35. The maximum Gasteiger partial charge on any atom is 0.0594 e. The third-order valence-corrected chi connectivity index (χ3v) is 2.95. The first-order valence-corrected chi connectivity index (χ1v) is 4.99. The highest BCUT2D eigenvalue weighted by atomic mass is 15.2. The van der Waals surface area contributed by atoms with Crippen LogP contribution in [0, 0.1) is 0 Å². The van der Waals surface area contributed by atoms with E-state index in [4.69, 9.17) is 5.53 Å². The maximum atomic E-state index is 8.46. The summed E-state index contributed by atoms with van der Waals surface area (Å²) in [4.78, 5) is 2.89. The molecule has 0 amide bonds. The molecule has 4 nitrogen and oxygen atoms in total. The van der Waals surface area contributed by atoms with Crippen molar-refractivity contribution in [2.24, 2.45) is 5.11 Å². The van der Waals surface area contributed by atoms with Crippen LogP contribution in [-0.2, 0) is 13.0 Å². The molecule has 1 aliphatic rings. The standard InChI is InChI=1S/C11H10N4/c12-14-13-10-6-9-3-1-2-8-4-5-15(7-10)11(8)9/h1-5,10H,6-7H2. The molecular weight excluding hydrogens is 188 g/mol. The smallest absolute Gasteiger partial charge is 0.0594 e. The lowest BCUT2D eigenvalue weighted by atomic mass is 10.0. The van der Waals surface area contributed by atoms with Gasteiger partial charge in [-0.25, -0.2) is 0 Å². The van der Waals surface area contributed by atoms with Gasteiger partial charge in [0.15, 0.2) is 0 Å². The van der Waals surface area contributed by atoms with Crippen molar-refractivity contribution in [3.8, 4) is 0 Å². The van der Waals surface area contributed by atoms with Gasteiger partial charge in [0, 0.05) is 17.7 Å². The SMILES string of the molecule is [N-]=[N+]=NC1Cc2cccc3ccn(c23)C1. The van der Waals surface area contributed by atoms with Gasteiger partial charge in [0.05, 0.1) is 11.6 Å². The summed E-state index contributed by atoms with van der Waals surface area (Å²) in [6.45, 7) is 0.796. The molecule has 1 aliphatic heterocycles. The Labute approximate surface area is 86.8 Å². The third-order valence-electron chi connectivity index (χ3n) is 2.95. The lowest BCUT2D eigenvalue weighted by Crippen LogP contribution is -2.21. The van der Waals surface area contributed by atoms with Gasteiger partial charge in [-0.05, 0) is 29.0 Å². The van der Waals surface area contributed by atoms with E-state index in [-0.39, 0.29) is 6.04 Å². The molecule has 0 radical (unpaired) electrons. The molecule has 0 fully saturated rings. The lowest BCUT2D eigenvalue weighted by Gasteiger charge is -2.20. The van der Waals surface area contributed by atoms with Crippen molar-refractivity contribution in [3.05, 3.63) is 46.5 Å². The van der Waals surface area contributed by atoms with Crippen LogP contribution in [0.15, 0.2) is 35.6 Å². The Morgan fingerprint density at radius 3 is 3.20 bits per heavy atom. The second-order valence-corrected chi connectivity index (χ2v) is 3.89. The van der Waals surface area contributed by atoms with Crippen molar-refractivity contribution < 1.29 is 0 Å². The second kappa shape index (κ2) is 3.04. The molecule has 2 heterocycles. The van der Waals surface area contributed by atoms with Crippen molar-refractivity contribution in [1.82, 2.24) is 4.57 Å². The van der Waals surface area contributed by atoms with Gasteiger partial charge in [-0.1, -0.05) is 23.3 Å². The Hall–Kier alpha value is -1.93. The minimum absolute atomic E-state index is 0.0560. The molecular formula is C11H10N4. The molecule has 0 saturated heterocycles. The van der Waals surface area contributed by atoms with Crippen LogP contribution in [0.2, 0.25) is 0 Å². The van der Waals surface area contributed by atoms with Crippen LogP contribution in [0.4, 0.5) is 0 Å². The summed E-state index contributed by atoms with van der Waals surface area (Å²) in [5.74, 6) is 0. The molecule has 1 aromatic heterocycles. The zero-order valence-corrected chi connectivity index (χ0v) is 8.17. The van der Waals surface area contributed by atoms with E-state index < -0.39 is 0 Å². The molecule has 0 aliphatic carbocycles. The van der Waals surface area contributed by atoms with Gasteiger partial charge in [-0.2, -0.15) is 0 Å². The predicted molar refractivity (Wildman–Crippen MR) is 58.6 cm³/mol. The number of azide groups is 1. The van der Waals surface area contributed by atoms with Crippen LogP contribution in [0.25, 0.3) is 21.3 Å². The molecule has 1 aromatic carbocycles. The summed E-state index contributed by atoms with van der Waals surface area (Å²) in [5, 5.41) is 5.08. The monoisotopic (exact) mass is 198 g/mol. The van der Waals surface area contributed by atoms with Crippen molar-refractivity contribution >= 4 is 10.9 Å². The van der Waals surface area contributed by atoms with E-state index in [1.807, 2.05) is 0 Å². The van der Waals surface area contributed by atoms with Gasteiger partial charge in [-0.3, -0.25) is 0 Å². The molecule has 1 unspecified atom stereocenters. The number of aromatic nitrogens is 1. The number of hydrogen-bond donors (Lipinski definition) is 0. The van der Waals surface area contributed by atoms with Crippen LogP contribution in [0.1, 0.15) is 5.56 Å². The first kappa shape index (κ1) is 8.38. The second-order valence-electron chi connectivity index (χ2n) is 3.89. The highest BCUT2D eigenvalue weighted by Gasteiger charge is 2.18. The summed E-state index contributed by atoms with van der Waals surface area (Å²) < 4.78 is 2.17. The minimum atomic E-state index is 0.0560. The Morgan fingerprint density at radius 2 is 2.33 bits per heavy atom. The molecule has 15 heavy (non-hydrogen) atoms. The van der Waals surface area contributed by atoms with Crippen LogP contribution >= 0.6 is 0 Å². The van der Waals surface area contributed by atoms with Crippen LogP contribution < -0.4 is 0 Å². The summed E-state index contributed by atoms with van der Waals surface area (Å²) >= 11 is 0.